The molecule has 0 saturated carbocycles. The Kier molecular flexibility index (Phi) is 4.59. The lowest BCUT2D eigenvalue weighted by Gasteiger charge is -2.30. The summed E-state index contributed by atoms with van der Waals surface area (Å²) in [6, 6.07) is -0.299. The molecule has 90 valence electrons. The van der Waals surface area contributed by atoms with Gasteiger partial charge in [0.05, 0.1) is 12.6 Å². The molecule has 0 aromatic heterocycles. The zero-order chi connectivity index (χ0) is 12.3. The largest absolute Gasteiger partial charge is 0.444 e. The standard InChI is InChI=1S/C11H23NO3/c1-10(2,3)8(7-13)12-9(14)15-11(4,5)6/h8,13H,7H2,1-6H3,(H,12,14)/t8-/m1/s1. The van der Waals surface area contributed by atoms with Gasteiger partial charge in [-0.1, -0.05) is 20.8 Å². The Labute approximate surface area is 92.0 Å². The summed E-state index contributed by atoms with van der Waals surface area (Å²) in [5, 5.41) is 11.8. The number of hydrogen-bond donors (Lipinski definition) is 2. The predicted molar refractivity (Wildman–Crippen MR) is 59.7 cm³/mol. The van der Waals surface area contributed by atoms with E-state index in [1.165, 1.54) is 0 Å². The van der Waals surface area contributed by atoms with Crippen LogP contribution >= 0.6 is 0 Å². The quantitative estimate of drug-likeness (QED) is 0.743. The minimum absolute atomic E-state index is 0.0945. The Morgan fingerprint density at radius 2 is 1.73 bits per heavy atom. The smallest absolute Gasteiger partial charge is 0.407 e. The van der Waals surface area contributed by atoms with Crippen molar-refractivity contribution in [3.8, 4) is 0 Å². The van der Waals surface area contributed by atoms with Crippen molar-refractivity contribution in [3.05, 3.63) is 0 Å². The molecule has 1 amide bonds. The van der Waals surface area contributed by atoms with Crippen LogP contribution in [0.3, 0.4) is 0 Å². The minimum Gasteiger partial charge on any atom is -0.444 e. The van der Waals surface area contributed by atoms with Crippen LogP contribution in [0.5, 0.6) is 0 Å². The molecule has 0 rings (SSSR count). The molecule has 0 aliphatic heterocycles. The van der Waals surface area contributed by atoms with E-state index in [0.717, 1.165) is 0 Å². The minimum atomic E-state index is -0.512. The van der Waals surface area contributed by atoms with Crippen LogP contribution in [0.15, 0.2) is 0 Å². The van der Waals surface area contributed by atoms with Gasteiger partial charge in [-0.15, -0.1) is 0 Å². The van der Waals surface area contributed by atoms with E-state index in [-0.39, 0.29) is 18.1 Å². The molecule has 2 N–H and O–H groups in total. The molecule has 1 atom stereocenters. The predicted octanol–water partition coefficient (Wildman–Crippen LogP) is 1.92. The molecule has 0 heterocycles. The summed E-state index contributed by atoms with van der Waals surface area (Å²) < 4.78 is 5.10. The molecule has 0 aliphatic carbocycles. The van der Waals surface area contributed by atoms with Crippen LogP contribution in [0.25, 0.3) is 0 Å². The molecule has 0 bridgehead atoms. The second-order valence-electron chi connectivity index (χ2n) is 5.75. The van der Waals surface area contributed by atoms with Crippen molar-refractivity contribution in [2.24, 2.45) is 5.41 Å². The summed E-state index contributed by atoms with van der Waals surface area (Å²) >= 11 is 0. The molecule has 0 unspecified atom stereocenters. The van der Waals surface area contributed by atoms with Gasteiger partial charge in [-0.25, -0.2) is 4.79 Å². The summed E-state index contributed by atoms with van der Waals surface area (Å²) in [5.74, 6) is 0. The number of aliphatic hydroxyl groups is 1. The number of carbonyl (C=O) groups excluding carboxylic acids is 1. The fourth-order valence-corrected chi connectivity index (χ4v) is 0.986. The highest BCUT2D eigenvalue weighted by molar-refractivity contribution is 5.68. The normalized spacial score (nSPS) is 14.6. The molecular formula is C11H23NO3. The Morgan fingerprint density at radius 3 is 2.00 bits per heavy atom. The lowest BCUT2D eigenvalue weighted by molar-refractivity contribution is 0.0419. The maximum atomic E-state index is 11.4. The number of nitrogens with one attached hydrogen (secondary N) is 1. The van der Waals surface area contributed by atoms with E-state index in [0.29, 0.717) is 0 Å². The molecule has 0 aliphatic rings. The molecule has 4 heteroatoms. The van der Waals surface area contributed by atoms with Gasteiger partial charge >= 0.3 is 6.09 Å². The number of hydrogen-bond acceptors (Lipinski definition) is 3. The van der Waals surface area contributed by atoms with E-state index in [2.05, 4.69) is 5.32 Å². The van der Waals surface area contributed by atoms with Crippen molar-refractivity contribution in [1.29, 1.82) is 0 Å². The maximum absolute atomic E-state index is 11.4. The molecule has 0 fully saturated rings. The highest BCUT2D eigenvalue weighted by Gasteiger charge is 2.27. The van der Waals surface area contributed by atoms with Gasteiger partial charge in [0, 0.05) is 0 Å². The number of alkyl carbamates (subject to hydrolysis) is 1. The monoisotopic (exact) mass is 217 g/mol. The van der Waals surface area contributed by atoms with Crippen molar-refractivity contribution >= 4 is 6.09 Å². The lowest BCUT2D eigenvalue weighted by Crippen LogP contribution is -2.47. The van der Waals surface area contributed by atoms with E-state index in [4.69, 9.17) is 9.84 Å². The molecule has 0 saturated heterocycles. The van der Waals surface area contributed by atoms with E-state index in [1.807, 2.05) is 20.8 Å². The summed E-state index contributed by atoms with van der Waals surface area (Å²) in [4.78, 5) is 11.4. The molecule has 0 aromatic carbocycles. The van der Waals surface area contributed by atoms with Crippen LogP contribution in [0.4, 0.5) is 4.79 Å². The van der Waals surface area contributed by atoms with Crippen LogP contribution in [0.2, 0.25) is 0 Å². The molecule has 15 heavy (non-hydrogen) atoms. The number of carbonyl (C=O) groups is 1. The third kappa shape index (κ3) is 6.33. The van der Waals surface area contributed by atoms with Gasteiger partial charge in [0.2, 0.25) is 0 Å². The first-order chi connectivity index (χ1) is 6.56. The Bertz CT molecular complexity index is 213. The molecule has 0 radical (unpaired) electrons. The van der Waals surface area contributed by atoms with E-state index in [1.54, 1.807) is 20.8 Å². The zero-order valence-electron chi connectivity index (χ0n) is 10.5. The second kappa shape index (κ2) is 4.84. The van der Waals surface area contributed by atoms with Crippen molar-refractivity contribution in [2.75, 3.05) is 6.61 Å². The number of amides is 1. The van der Waals surface area contributed by atoms with Crippen molar-refractivity contribution in [1.82, 2.24) is 5.32 Å². The summed E-state index contributed by atoms with van der Waals surface area (Å²) in [7, 11) is 0. The third-order valence-electron chi connectivity index (χ3n) is 1.92. The van der Waals surface area contributed by atoms with Gasteiger partial charge in [-0.2, -0.15) is 0 Å². The Balaban J connectivity index is 4.27. The molecule has 0 spiro atoms. The fraction of sp³-hybridized carbons (Fsp3) is 0.909. The first kappa shape index (κ1) is 14.2. The Hall–Kier alpha value is -0.770. The summed E-state index contributed by atoms with van der Waals surface area (Å²) in [6.07, 6.45) is -0.489. The molecular weight excluding hydrogens is 194 g/mol. The average molecular weight is 217 g/mol. The summed E-state index contributed by atoms with van der Waals surface area (Å²) in [5.41, 5.74) is -0.701. The number of rotatable bonds is 2. The highest BCUT2D eigenvalue weighted by atomic mass is 16.6. The highest BCUT2D eigenvalue weighted by Crippen LogP contribution is 2.19. The number of ether oxygens (including phenoxy) is 1. The van der Waals surface area contributed by atoms with Gasteiger partial charge in [0.15, 0.2) is 0 Å². The van der Waals surface area contributed by atoms with E-state index < -0.39 is 11.7 Å². The van der Waals surface area contributed by atoms with E-state index >= 15 is 0 Å². The molecule has 0 aromatic rings. The Morgan fingerprint density at radius 1 is 1.27 bits per heavy atom. The van der Waals surface area contributed by atoms with Crippen molar-refractivity contribution in [2.45, 2.75) is 53.2 Å². The van der Waals surface area contributed by atoms with Crippen molar-refractivity contribution in [3.63, 3.8) is 0 Å². The van der Waals surface area contributed by atoms with Crippen LogP contribution in [-0.2, 0) is 4.74 Å². The zero-order valence-corrected chi connectivity index (χ0v) is 10.5. The van der Waals surface area contributed by atoms with Gasteiger partial charge in [-0.3, -0.25) is 0 Å². The maximum Gasteiger partial charge on any atom is 0.407 e. The first-order valence-electron chi connectivity index (χ1n) is 5.16. The van der Waals surface area contributed by atoms with Gasteiger partial charge in [-0.05, 0) is 26.2 Å². The SMILES string of the molecule is CC(C)(C)OC(=O)N[C@H](CO)C(C)(C)C. The van der Waals surface area contributed by atoms with Gasteiger partial charge < -0.3 is 15.2 Å². The van der Waals surface area contributed by atoms with Crippen LogP contribution in [-0.4, -0.2) is 29.4 Å². The van der Waals surface area contributed by atoms with Gasteiger partial charge in [0.25, 0.3) is 0 Å². The fourth-order valence-electron chi connectivity index (χ4n) is 0.986. The van der Waals surface area contributed by atoms with Crippen LogP contribution in [0.1, 0.15) is 41.5 Å². The second-order valence-corrected chi connectivity index (χ2v) is 5.75. The van der Waals surface area contributed by atoms with Crippen molar-refractivity contribution < 1.29 is 14.6 Å². The molecule has 4 nitrogen and oxygen atoms in total. The summed E-state index contributed by atoms with van der Waals surface area (Å²) in [6.45, 7) is 11.2. The first-order valence-corrected chi connectivity index (χ1v) is 5.16. The van der Waals surface area contributed by atoms with Gasteiger partial charge in [0.1, 0.15) is 5.60 Å². The van der Waals surface area contributed by atoms with E-state index in [9.17, 15) is 4.79 Å². The van der Waals surface area contributed by atoms with Crippen LogP contribution < -0.4 is 5.32 Å². The number of aliphatic hydroxyl groups excluding tert-OH is 1. The average Bonchev–Trinajstić information content (AvgIpc) is 1.94. The topological polar surface area (TPSA) is 58.6 Å². The van der Waals surface area contributed by atoms with Crippen LogP contribution in [0, 0.1) is 5.41 Å². The third-order valence-corrected chi connectivity index (χ3v) is 1.92. The lowest BCUT2D eigenvalue weighted by atomic mass is 9.87.